The first kappa shape index (κ1) is 17.9. The van der Waals surface area contributed by atoms with E-state index in [4.69, 9.17) is 9.47 Å². The average molecular weight is 372 g/mol. The number of aromatic nitrogens is 3. The molecule has 8 heteroatoms. The van der Waals surface area contributed by atoms with Gasteiger partial charge in [0, 0.05) is 19.0 Å². The summed E-state index contributed by atoms with van der Waals surface area (Å²) in [5.41, 5.74) is 0.865. The third-order valence-corrected chi connectivity index (χ3v) is 5.23. The highest BCUT2D eigenvalue weighted by molar-refractivity contribution is 5.81. The number of amides is 1. The third kappa shape index (κ3) is 3.96. The number of nitrogens with zero attached hydrogens (tertiary/aromatic N) is 3. The molecule has 8 nitrogen and oxygen atoms in total. The van der Waals surface area contributed by atoms with Gasteiger partial charge in [0.1, 0.15) is 5.82 Å². The summed E-state index contributed by atoms with van der Waals surface area (Å²) in [6.07, 6.45) is 1.06. The fourth-order valence-electron chi connectivity index (χ4n) is 3.75. The van der Waals surface area contributed by atoms with Gasteiger partial charge in [0.25, 0.3) is 5.91 Å². The zero-order valence-corrected chi connectivity index (χ0v) is 15.2. The van der Waals surface area contributed by atoms with Gasteiger partial charge < -0.3 is 14.4 Å². The number of hydrogen-bond acceptors (Lipinski definition) is 5. The number of benzene rings is 1. The standard InChI is InChI=1S/C19H24N4O4/c24-18(16-13-26-10-11-27-16)22-8-6-15(7-9-22)17-20-21-19(25)23(17)12-14-4-2-1-3-5-14/h1-5,15-16H,6-13H2,(H,21,25). The Kier molecular flexibility index (Phi) is 5.35. The van der Waals surface area contributed by atoms with E-state index >= 15 is 0 Å². The van der Waals surface area contributed by atoms with Gasteiger partial charge in [-0.25, -0.2) is 9.89 Å². The molecule has 2 saturated heterocycles. The molecule has 0 radical (unpaired) electrons. The summed E-state index contributed by atoms with van der Waals surface area (Å²) in [5.74, 6) is 0.922. The predicted molar refractivity (Wildman–Crippen MR) is 97.5 cm³/mol. The van der Waals surface area contributed by atoms with Crippen LogP contribution in [0.4, 0.5) is 0 Å². The zero-order chi connectivity index (χ0) is 18.6. The highest BCUT2D eigenvalue weighted by atomic mass is 16.6. The molecule has 4 rings (SSSR count). The Bertz CT molecular complexity index is 818. The maximum Gasteiger partial charge on any atom is 0.343 e. The molecule has 1 aromatic carbocycles. The largest absolute Gasteiger partial charge is 0.376 e. The Morgan fingerprint density at radius 1 is 1.19 bits per heavy atom. The molecule has 2 aliphatic rings. The fraction of sp³-hybridized carbons (Fsp3) is 0.526. The number of piperidine rings is 1. The summed E-state index contributed by atoms with van der Waals surface area (Å²) in [7, 11) is 0. The first-order valence-corrected chi connectivity index (χ1v) is 9.39. The number of carbonyl (C=O) groups excluding carboxylic acids is 1. The van der Waals surface area contributed by atoms with Crippen molar-refractivity contribution in [3.8, 4) is 0 Å². The molecule has 0 spiro atoms. The van der Waals surface area contributed by atoms with Gasteiger partial charge in [-0.05, 0) is 18.4 Å². The highest BCUT2D eigenvalue weighted by Gasteiger charge is 2.32. The van der Waals surface area contributed by atoms with Crippen molar-refractivity contribution in [2.45, 2.75) is 31.4 Å². The molecule has 2 aliphatic heterocycles. The molecule has 144 valence electrons. The lowest BCUT2D eigenvalue weighted by atomic mass is 9.95. The summed E-state index contributed by atoms with van der Waals surface area (Å²) in [6, 6.07) is 9.87. The average Bonchev–Trinajstić information content (AvgIpc) is 3.09. The van der Waals surface area contributed by atoms with E-state index in [2.05, 4.69) is 10.2 Å². The van der Waals surface area contributed by atoms with Gasteiger partial charge in [0.2, 0.25) is 0 Å². The van der Waals surface area contributed by atoms with Crippen molar-refractivity contribution in [2.75, 3.05) is 32.9 Å². The Balaban J connectivity index is 1.41. The molecule has 1 atom stereocenters. The molecule has 2 aromatic rings. The SMILES string of the molecule is O=C(C1COCCO1)N1CCC(c2n[nH]c(=O)n2Cc2ccccc2)CC1. The van der Waals surface area contributed by atoms with Crippen LogP contribution >= 0.6 is 0 Å². The minimum atomic E-state index is -0.489. The molecule has 0 saturated carbocycles. The van der Waals surface area contributed by atoms with Crippen LogP contribution in [0.15, 0.2) is 35.1 Å². The Morgan fingerprint density at radius 3 is 2.67 bits per heavy atom. The van der Waals surface area contributed by atoms with Crippen molar-refractivity contribution in [1.29, 1.82) is 0 Å². The lowest BCUT2D eigenvalue weighted by Gasteiger charge is -2.34. The molecular formula is C19H24N4O4. The summed E-state index contributed by atoms with van der Waals surface area (Å²) in [6.45, 7) is 3.11. The van der Waals surface area contributed by atoms with E-state index in [9.17, 15) is 9.59 Å². The van der Waals surface area contributed by atoms with Gasteiger partial charge in [0.05, 0.1) is 26.4 Å². The van der Waals surface area contributed by atoms with Crippen molar-refractivity contribution in [3.05, 3.63) is 52.2 Å². The normalized spacial score (nSPS) is 21.3. The van der Waals surface area contributed by atoms with Crippen LogP contribution in [-0.4, -0.2) is 64.6 Å². The van der Waals surface area contributed by atoms with Crippen LogP contribution in [0.3, 0.4) is 0 Å². The number of likely N-dealkylation sites (tertiary alicyclic amines) is 1. The minimum Gasteiger partial charge on any atom is -0.376 e. The summed E-state index contributed by atoms with van der Waals surface area (Å²) >= 11 is 0. The predicted octanol–water partition coefficient (Wildman–Crippen LogP) is 0.741. The zero-order valence-electron chi connectivity index (χ0n) is 15.2. The summed E-state index contributed by atoms with van der Waals surface area (Å²) in [5, 5.41) is 6.85. The van der Waals surface area contributed by atoms with E-state index in [1.807, 2.05) is 35.2 Å². The lowest BCUT2D eigenvalue weighted by Crippen LogP contribution is -2.48. The molecular weight excluding hydrogens is 348 g/mol. The second-order valence-corrected chi connectivity index (χ2v) is 6.99. The van der Waals surface area contributed by atoms with Crippen molar-refractivity contribution in [3.63, 3.8) is 0 Å². The van der Waals surface area contributed by atoms with Crippen LogP contribution in [0, 0.1) is 0 Å². The lowest BCUT2D eigenvalue weighted by molar-refractivity contribution is -0.159. The number of nitrogens with one attached hydrogen (secondary N) is 1. The Morgan fingerprint density at radius 2 is 1.96 bits per heavy atom. The van der Waals surface area contributed by atoms with Gasteiger partial charge in [-0.1, -0.05) is 30.3 Å². The molecule has 0 aliphatic carbocycles. The fourth-order valence-corrected chi connectivity index (χ4v) is 3.75. The van der Waals surface area contributed by atoms with Crippen LogP contribution in [0.5, 0.6) is 0 Å². The maximum absolute atomic E-state index is 12.6. The monoisotopic (exact) mass is 372 g/mol. The van der Waals surface area contributed by atoms with Crippen LogP contribution in [0.2, 0.25) is 0 Å². The third-order valence-electron chi connectivity index (χ3n) is 5.23. The van der Waals surface area contributed by atoms with Crippen LogP contribution in [-0.2, 0) is 20.8 Å². The number of rotatable bonds is 4. The van der Waals surface area contributed by atoms with Gasteiger partial charge in [-0.3, -0.25) is 9.36 Å². The van der Waals surface area contributed by atoms with E-state index in [0.717, 1.165) is 24.2 Å². The Labute approximate surface area is 157 Å². The van der Waals surface area contributed by atoms with Crippen molar-refractivity contribution < 1.29 is 14.3 Å². The van der Waals surface area contributed by atoms with E-state index in [-0.39, 0.29) is 17.5 Å². The molecule has 1 amide bonds. The summed E-state index contributed by atoms with van der Waals surface area (Å²) in [4.78, 5) is 26.6. The molecule has 1 unspecified atom stereocenters. The van der Waals surface area contributed by atoms with Crippen molar-refractivity contribution >= 4 is 5.91 Å². The number of hydrogen-bond donors (Lipinski definition) is 1. The number of carbonyl (C=O) groups is 1. The van der Waals surface area contributed by atoms with E-state index in [1.54, 1.807) is 4.57 Å². The second kappa shape index (κ2) is 8.06. The Hall–Kier alpha value is -2.45. The quantitative estimate of drug-likeness (QED) is 0.855. The molecule has 0 bridgehead atoms. The first-order valence-electron chi connectivity index (χ1n) is 9.39. The van der Waals surface area contributed by atoms with Crippen molar-refractivity contribution in [2.24, 2.45) is 0 Å². The molecule has 1 aromatic heterocycles. The van der Waals surface area contributed by atoms with E-state index in [0.29, 0.717) is 39.5 Å². The topological polar surface area (TPSA) is 89.5 Å². The van der Waals surface area contributed by atoms with E-state index < -0.39 is 6.10 Å². The number of ether oxygens (including phenoxy) is 2. The van der Waals surface area contributed by atoms with Crippen molar-refractivity contribution in [1.82, 2.24) is 19.7 Å². The first-order chi connectivity index (χ1) is 13.2. The van der Waals surface area contributed by atoms with Gasteiger partial charge >= 0.3 is 5.69 Å². The van der Waals surface area contributed by atoms with Gasteiger partial charge in [-0.2, -0.15) is 5.10 Å². The van der Waals surface area contributed by atoms with Gasteiger partial charge in [-0.15, -0.1) is 0 Å². The smallest absolute Gasteiger partial charge is 0.343 e. The summed E-state index contributed by atoms with van der Waals surface area (Å²) < 4.78 is 12.6. The van der Waals surface area contributed by atoms with E-state index in [1.165, 1.54) is 0 Å². The van der Waals surface area contributed by atoms with Crippen LogP contribution in [0.1, 0.15) is 30.1 Å². The van der Waals surface area contributed by atoms with Gasteiger partial charge in [0.15, 0.2) is 6.10 Å². The molecule has 27 heavy (non-hydrogen) atoms. The van der Waals surface area contributed by atoms with Crippen LogP contribution in [0.25, 0.3) is 0 Å². The number of H-pyrrole nitrogens is 1. The molecule has 3 heterocycles. The molecule has 2 fully saturated rings. The maximum atomic E-state index is 12.6. The second-order valence-electron chi connectivity index (χ2n) is 6.99. The number of aromatic amines is 1. The highest BCUT2D eigenvalue weighted by Crippen LogP contribution is 2.27. The van der Waals surface area contributed by atoms with Crippen LogP contribution < -0.4 is 5.69 Å². The molecule has 1 N–H and O–H groups in total. The minimum absolute atomic E-state index is 0.00291.